The molecule has 1 unspecified atom stereocenters. The van der Waals surface area contributed by atoms with E-state index in [1.165, 1.54) is 0 Å². The lowest BCUT2D eigenvalue weighted by Crippen LogP contribution is -2.27. The van der Waals surface area contributed by atoms with Gasteiger partial charge in [-0.1, -0.05) is 6.92 Å². The van der Waals surface area contributed by atoms with Gasteiger partial charge in [0.05, 0.1) is 0 Å². The first-order valence-electron chi connectivity index (χ1n) is 5.07. The van der Waals surface area contributed by atoms with E-state index in [0.29, 0.717) is 19.6 Å². The fourth-order valence-electron chi connectivity index (χ4n) is 1.20. The van der Waals surface area contributed by atoms with Gasteiger partial charge in [-0.2, -0.15) is 0 Å². The van der Waals surface area contributed by atoms with Gasteiger partial charge in [0.2, 0.25) is 5.91 Å². The molecular formula is C10H21NO3. The number of aliphatic hydroxyl groups excluding tert-OH is 1. The minimum absolute atomic E-state index is 0.0625. The van der Waals surface area contributed by atoms with Crippen molar-refractivity contribution in [3.63, 3.8) is 0 Å². The van der Waals surface area contributed by atoms with Gasteiger partial charge in [0, 0.05) is 33.3 Å². The molecule has 84 valence electrons. The van der Waals surface area contributed by atoms with Gasteiger partial charge in [0.25, 0.3) is 0 Å². The standard InChI is InChI=1S/C10H21NO3/c1-9(8-14-2)7-10(13)11-5-3-4-6-12/h9,12H,3-8H2,1-2H3,(H,11,13). The van der Waals surface area contributed by atoms with Crippen LogP contribution in [0.25, 0.3) is 0 Å². The smallest absolute Gasteiger partial charge is 0.220 e. The third kappa shape index (κ3) is 8.01. The first-order chi connectivity index (χ1) is 6.70. The van der Waals surface area contributed by atoms with Crippen LogP contribution in [0.2, 0.25) is 0 Å². The predicted octanol–water partition coefficient (Wildman–Crippen LogP) is 0.548. The quantitative estimate of drug-likeness (QED) is 0.566. The number of amides is 1. The SMILES string of the molecule is COCC(C)CC(=O)NCCCCO. The van der Waals surface area contributed by atoms with Gasteiger partial charge in [-0.3, -0.25) is 4.79 Å². The van der Waals surface area contributed by atoms with Crippen LogP contribution in [0, 0.1) is 5.92 Å². The highest BCUT2D eigenvalue weighted by atomic mass is 16.5. The number of aliphatic hydroxyl groups is 1. The van der Waals surface area contributed by atoms with Crippen LogP contribution in [0.1, 0.15) is 26.2 Å². The minimum Gasteiger partial charge on any atom is -0.396 e. The lowest BCUT2D eigenvalue weighted by Gasteiger charge is -2.09. The number of methoxy groups -OCH3 is 1. The molecular weight excluding hydrogens is 182 g/mol. The number of carbonyl (C=O) groups is 1. The second-order valence-electron chi connectivity index (χ2n) is 3.55. The Kier molecular flexibility index (Phi) is 8.57. The van der Waals surface area contributed by atoms with Crippen molar-refractivity contribution in [2.24, 2.45) is 5.92 Å². The highest BCUT2D eigenvalue weighted by molar-refractivity contribution is 5.76. The molecule has 4 nitrogen and oxygen atoms in total. The molecule has 0 aliphatic heterocycles. The maximum absolute atomic E-state index is 11.3. The topological polar surface area (TPSA) is 58.6 Å². The van der Waals surface area contributed by atoms with Gasteiger partial charge in [-0.15, -0.1) is 0 Å². The summed E-state index contributed by atoms with van der Waals surface area (Å²) in [5.41, 5.74) is 0. The van der Waals surface area contributed by atoms with Crippen LogP contribution >= 0.6 is 0 Å². The van der Waals surface area contributed by atoms with Gasteiger partial charge in [-0.25, -0.2) is 0 Å². The van der Waals surface area contributed by atoms with Crippen molar-refractivity contribution in [1.82, 2.24) is 5.32 Å². The van der Waals surface area contributed by atoms with E-state index in [1.807, 2.05) is 6.92 Å². The minimum atomic E-state index is 0.0625. The first kappa shape index (κ1) is 13.4. The van der Waals surface area contributed by atoms with Crippen molar-refractivity contribution in [1.29, 1.82) is 0 Å². The summed E-state index contributed by atoms with van der Waals surface area (Å²) in [6.45, 7) is 3.44. The van der Waals surface area contributed by atoms with E-state index in [0.717, 1.165) is 12.8 Å². The zero-order valence-corrected chi connectivity index (χ0v) is 9.08. The third-order valence-corrected chi connectivity index (χ3v) is 1.89. The fraction of sp³-hybridized carbons (Fsp3) is 0.900. The molecule has 0 aromatic rings. The Morgan fingerprint density at radius 1 is 1.50 bits per heavy atom. The zero-order chi connectivity index (χ0) is 10.8. The van der Waals surface area contributed by atoms with Gasteiger partial charge in [0.1, 0.15) is 0 Å². The van der Waals surface area contributed by atoms with Crippen LogP contribution in [-0.2, 0) is 9.53 Å². The molecule has 0 spiro atoms. The van der Waals surface area contributed by atoms with Crippen LogP contribution in [0.4, 0.5) is 0 Å². The van der Waals surface area contributed by atoms with E-state index in [-0.39, 0.29) is 18.4 Å². The van der Waals surface area contributed by atoms with Crippen molar-refractivity contribution in [3.8, 4) is 0 Å². The normalized spacial score (nSPS) is 12.5. The van der Waals surface area contributed by atoms with Crippen molar-refractivity contribution >= 4 is 5.91 Å². The van der Waals surface area contributed by atoms with Gasteiger partial charge < -0.3 is 15.2 Å². The molecule has 1 amide bonds. The van der Waals surface area contributed by atoms with E-state index in [9.17, 15) is 4.79 Å². The molecule has 0 aliphatic carbocycles. The summed E-state index contributed by atoms with van der Waals surface area (Å²) in [5.74, 6) is 0.324. The van der Waals surface area contributed by atoms with Gasteiger partial charge in [-0.05, 0) is 18.8 Å². The maximum Gasteiger partial charge on any atom is 0.220 e. The molecule has 0 heterocycles. The van der Waals surface area contributed by atoms with E-state index < -0.39 is 0 Å². The molecule has 0 aliphatic rings. The van der Waals surface area contributed by atoms with Crippen LogP contribution in [-0.4, -0.2) is 37.9 Å². The monoisotopic (exact) mass is 203 g/mol. The van der Waals surface area contributed by atoms with Gasteiger partial charge in [0.15, 0.2) is 0 Å². The van der Waals surface area contributed by atoms with E-state index in [2.05, 4.69) is 5.32 Å². The molecule has 0 rings (SSSR count). The summed E-state index contributed by atoms with van der Waals surface area (Å²) in [6, 6.07) is 0. The second kappa shape index (κ2) is 8.97. The van der Waals surface area contributed by atoms with Crippen molar-refractivity contribution in [3.05, 3.63) is 0 Å². The lowest BCUT2D eigenvalue weighted by atomic mass is 10.1. The maximum atomic E-state index is 11.3. The number of unbranched alkanes of at least 4 members (excludes halogenated alkanes) is 1. The van der Waals surface area contributed by atoms with Crippen molar-refractivity contribution < 1.29 is 14.6 Å². The van der Waals surface area contributed by atoms with Crippen molar-refractivity contribution in [2.75, 3.05) is 26.9 Å². The highest BCUT2D eigenvalue weighted by Gasteiger charge is 2.07. The van der Waals surface area contributed by atoms with Crippen LogP contribution in [0.15, 0.2) is 0 Å². The largest absolute Gasteiger partial charge is 0.396 e. The Labute approximate surface area is 85.6 Å². The zero-order valence-electron chi connectivity index (χ0n) is 9.08. The summed E-state index contributed by atoms with van der Waals surface area (Å²) in [7, 11) is 1.63. The molecule has 4 heteroatoms. The van der Waals surface area contributed by atoms with Gasteiger partial charge >= 0.3 is 0 Å². The van der Waals surface area contributed by atoms with E-state index in [4.69, 9.17) is 9.84 Å². The Hall–Kier alpha value is -0.610. The summed E-state index contributed by atoms with van der Waals surface area (Å²) >= 11 is 0. The number of rotatable bonds is 8. The molecule has 0 saturated heterocycles. The predicted molar refractivity (Wildman–Crippen MR) is 55.0 cm³/mol. The number of carbonyl (C=O) groups excluding carboxylic acids is 1. The number of ether oxygens (including phenoxy) is 1. The van der Waals surface area contributed by atoms with E-state index in [1.54, 1.807) is 7.11 Å². The average molecular weight is 203 g/mol. The number of nitrogens with one attached hydrogen (secondary N) is 1. The molecule has 14 heavy (non-hydrogen) atoms. The highest BCUT2D eigenvalue weighted by Crippen LogP contribution is 2.01. The molecule has 2 N–H and O–H groups in total. The van der Waals surface area contributed by atoms with Crippen LogP contribution < -0.4 is 5.32 Å². The fourth-order valence-corrected chi connectivity index (χ4v) is 1.20. The van der Waals surface area contributed by atoms with Crippen LogP contribution in [0.3, 0.4) is 0 Å². The second-order valence-corrected chi connectivity index (χ2v) is 3.55. The van der Waals surface area contributed by atoms with Crippen LogP contribution in [0.5, 0.6) is 0 Å². The Bertz CT molecular complexity index is 150. The first-order valence-corrected chi connectivity index (χ1v) is 5.07. The summed E-state index contributed by atoms with van der Waals surface area (Å²) in [6.07, 6.45) is 2.09. The molecule has 1 atom stereocenters. The lowest BCUT2D eigenvalue weighted by molar-refractivity contribution is -0.122. The summed E-state index contributed by atoms with van der Waals surface area (Å²) < 4.78 is 4.93. The van der Waals surface area contributed by atoms with E-state index >= 15 is 0 Å². The number of hydrogen-bond donors (Lipinski definition) is 2. The molecule has 0 bridgehead atoms. The Morgan fingerprint density at radius 2 is 2.21 bits per heavy atom. The molecule has 0 saturated carbocycles. The molecule has 0 radical (unpaired) electrons. The Morgan fingerprint density at radius 3 is 2.79 bits per heavy atom. The molecule has 0 aromatic carbocycles. The van der Waals surface area contributed by atoms with Crippen molar-refractivity contribution in [2.45, 2.75) is 26.2 Å². The number of hydrogen-bond acceptors (Lipinski definition) is 3. The summed E-state index contributed by atoms with van der Waals surface area (Å²) in [4.78, 5) is 11.3. The Balaban J connectivity index is 3.35. The molecule has 0 fully saturated rings. The third-order valence-electron chi connectivity index (χ3n) is 1.89. The molecule has 0 aromatic heterocycles. The summed E-state index contributed by atoms with van der Waals surface area (Å²) in [5, 5.41) is 11.3. The average Bonchev–Trinajstić information content (AvgIpc) is 2.13.